The topological polar surface area (TPSA) is 281 Å². The summed E-state index contributed by atoms with van der Waals surface area (Å²) < 4.78 is 0. The number of rotatable bonds is 15. The highest BCUT2D eigenvalue weighted by Gasteiger charge is 2.28. The standard InChI is InChI=1S/C17H30N8O8/c1-8(27)23-9(3-2-4-21-17(19)20)15(32)22-6-12(28)24-10(5-13(29)30)16(33)25-11(7-26)14(18)31/h9-11,26H,2-7H2,1H3,(H2,18,31)(H,22,32)(H,23,27)(H,24,28)(H,25,33)(H,29,30)(H4,19,20,21)/t9-,10-,11-/m0/s1. The number of primary amides is 1. The second-order valence-electron chi connectivity index (χ2n) is 6.78. The smallest absolute Gasteiger partial charge is 0.305 e. The number of nitrogens with two attached hydrogens (primary N) is 3. The summed E-state index contributed by atoms with van der Waals surface area (Å²) in [4.78, 5) is 73.9. The van der Waals surface area contributed by atoms with Gasteiger partial charge in [0.2, 0.25) is 29.5 Å². The van der Waals surface area contributed by atoms with Crippen molar-refractivity contribution in [2.45, 2.75) is 44.3 Å². The Morgan fingerprint density at radius 3 is 2.03 bits per heavy atom. The van der Waals surface area contributed by atoms with Gasteiger partial charge in [-0.3, -0.25) is 33.8 Å². The maximum Gasteiger partial charge on any atom is 0.305 e. The number of guanidine groups is 1. The number of carboxylic acids is 1. The number of aliphatic imine (C=N–C) groups is 1. The molecule has 0 aliphatic rings. The van der Waals surface area contributed by atoms with Crippen molar-refractivity contribution < 1.29 is 39.0 Å². The van der Waals surface area contributed by atoms with Gasteiger partial charge in [0.15, 0.2) is 5.96 Å². The molecule has 5 amide bonds. The van der Waals surface area contributed by atoms with Gasteiger partial charge in [0.05, 0.1) is 19.6 Å². The van der Waals surface area contributed by atoms with E-state index in [4.69, 9.17) is 27.4 Å². The van der Waals surface area contributed by atoms with Crippen molar-refractivity contribution in [2.75, 3.05) is 19.7 Å². The van der Waals surface area contributed by atoms with E-state index >= 15 is 0 Å². The summed E-state index contributed by atoms with van der Waals surface area (Å²) in [5.74, 6) is -5.84. The average Bonchev–Trinajstić information content (AvgIpc) is 2.70. The molecule has 0 saturated carbocycles. The van der Waals surface area contributed by atoms with Gasteiger partial charge < -0.3 is 48.7 Å². The minimum Gasteiger partial charge on any atom is -0.481 e. The van der Waals surface area contributed by atoms with Crippen molar-refractivity contribution in [1.29, 1.82) is 0 Å². The number of amides is 5. The number of aliphatic hydroxyl groups excluding tert-OH is 1. The Balaban J connectivity index is 4.97. The summed E-state index contributed by atoms with van der Waals surface area (Å²) >= 11 is 0. The van der Waals surface area contributed by atoms with Gasteiger partial charge in [-0.25, -0.2) is 0 Å². The molecule has 33 heavy (non-hydrogen) atoms. The van der Waals surface area contributed by atoms with Gasteiger partial charge in [0.25, 0.3) is 0 Å². The van der Waals surface area contributed by atoms with Crippen molar-refractivity contribution in [3.63, 3.8) is 0 Å². The summed E-state index contributed by atoms with van der Waals surface area (Å²) in [5, 5.41) is 26.8. The van der Waals surface area contributed by atoms with Crippen molar-refractivity contribution in [3.8, 4) is 0 Å². The fourth-order valence-electron chi connectivity index (χ4n) is 2.42. The van der Waals surface area contributed by atoms with E-state index in [1.54, 1.807) is 0 Å². The molecule has 0 rings (SSSR count). The van der Waals surface area contributed by atoms with Gasteiger partial charge >= 0.3 is 5.97 Å². The Kier molecular flexibility index (Phi) is 13.2. The fourth-order valence-corrected chi connectivity index (χ4v) is 2.42. The van der Waals surface area contributed by atoms with Gasteiger partial charge in [-0.05, 0) is 12.8 Å². The summed E-state index contributed by atoms with van der Waals surface area (Å²) in [5.41, 5.74) is 15.4. The summed E-state index contributed by atoms with van der Waals surface area (Å²) in [6.45, 7) is -0.0772. The van der Waals surface area contributed by atoms with E-state index in [2.05, 4.69) is 20.9 Å². The van der Waals surface area contributed by atoms with Crippen LogP contribution in [0.15, 0.2) is 4.99 Å². The zero-order valence-electron chi connectivity index (χ0n) is 18.0. The second-order valence-corrected chi connectivity index (χ2v) is 6.78. The van der Waals surface area contributed by atoms with Crippen LogP contribution in [0.1, 0.15) is 26.2 Å². The van der Waals surface area contributed by atoms with Crippen molar-refractivity contribution in [3.05, 3.63) is 0 Å². The molecular formula is C17H30N8O8. The van der Waals surface area contributed by atoms with Crippen LogP contribution < -0.4 is 38.5 Å². The molecule has 0 spiro atoms. The molecule has 16 nitrogen and oxygen atoms in total. The van der Waals surface area contributed by atoms with Crippen LogP contribution in [-0.2, 0) is 28.8 Å². The number of carboxylic acid groups (broad SMARTS) is 1. The normalized spacial score (nSPS) is 12.9. The van der Waals surface area contributed by atoms with E-state index < -0.39 is 73.2 Å². The van der Waals surface area contributed by atoms with Crippen LogP contribution in [0.5, 0.6) is 0 Å². The van der Waals surface area contributed by atoms with E-state index in [9.17, 15) is 28.8 Å². The Hall–Kier alpha value is -3.95. The number of nitrogens with one attached hydrogen (secondary N) is 4. The molecule has 0 aromatic heterocycles. The molecule has 0 aliphatic carbocycles. The van der Waals surface area contributed by atoms with Crippen LogP contribution in [0.25, 0.3) is 0 Å². The first-order chi connectivity index (χ1) is 15.4. The Labute approximate surface area is 188 Å². The number of nitrogens with zero attached hydrogens (tertiary/aromatic N) is 1. The number of hydrogen-bond donors (Lipinski definition) is 9. The molecule has 0 unspecified atom stereocenters. The first-order valence-electron chi connectivity index (χ1n) is 9.69. The van der Waals surface area contributed by atoms with Gasteiger partial charge in [-0.15, -0.1) is 0 Å². The third kappa shape index (κ3) is 13.1. The molecule has 0 heterocycles. The number of carbonyl (C=O) groups excluding carboxylic acids is 5. The Morgan fingerprint density at radius 1 is 0.909 bits per heavy atom. The number of aliphatic carboxylic acids is 1. The Bertz CT molecular complexity index is 768. The quantitative estimate of drug-likeness (QED) is 0.0616. The molecule has 186 valence electrons. The Morgan fingerprint density at radius 2 is 1.55 bits per heavy atom. The zero-order valence-corrected chi connectivity index (χ0v) is 18.0. The van der Waals surface area contributed by atoms with Crippen LogP contribution in [0.3, 0.4) is 0 Å². The maximum atomic E-state index is 12.3. The van der Waals surface area contributed by atoms with Crippen molar-refractivity contribution in [2.24, 2.45) is 22.2 Å². The van der Waals surface area contributed by atoms with Crippen LogP contribution in [-0.4, -0.2) is 89.5 Å². The minimum atomic E-state index is -1.62. The number of aliphatic hydroxyl groups is 1. The molecule has 0 aromatic rings. The van der Waals surface area contributed by atoms with Gasteiger partial charge in [0, 0.05) is 13.5 Å². The molecular weight excluding hydrogens is 444 g/mol. The number of carbonyl (C=O) groups is 6. The van der Waals surface area contributed by atoms with E-state index in [1.165, 1.54) is 6.92 Å². The lowest BCUT2D eigenvalue weighted by Gasteiger charge is -2.20. The fraction of sp³-hybridized carbons (Fsp3) is 0.588. The highest BCUT2D eigenvalue weighted by atomic mass is 16.4. The SMILES string of the molecule is CC(=O)N[C@@H](CCCN=C(N)N)C(=O)NCC(=O)N[C@@H](CC(=O)O)C(=O)N[C@@H](CO)C(N)=O. The molecule has 12 N–H and O–H groups in total. The highest BCUT2D eigenvalue weighted by Crippen LogP contribution is 1.99. The van der Waals surface area contributed by atoms with Crippen molar-refractivity contribution in [1.82, 2.24) is 21.3 Å². The number of hydrogen-bond acceptors (Lipinski definition) is 8. The van der Waals surface area contributed by atoms with Gasteiger partial charge in [-0.1, -0.05) is 0 Å². The molecule has 0 aliphatic heterocycles. The third-order valence-corrected chi connectivity index (χ3v) is 3.94. The van der Waals surface area contributed by atoms with Gasteiger partial charge in [-0.2, -0.15) is 0 Å². The monoisotopic (exact) mass is 474 g/mol. The van der Waals surface area contributed by atoms with E-state index in [-0.39, 0.29) is 18.9 Å². The second kappa shape index (κ2) is 15.0. The van der Waals surface area contributed by atoms with Crippen LogP contribution in [0.4, 0.5) is 0 Å². The molecule has 0 bridgehead atoms. The molecule has 0 fully saturated rings. The van der Waals surface area contributed by atoms with E-state index in [0.717, 1.165) is 0 Å². The lowest BCUT2D eigenvalue weighted by molar-refractivity contribution is -0.141. The lowest BCUT2D eigenvalue weighted by Crippen LogP contribution is -2.56. The summed E-state index contributed by atoms with van der Waals surface area (Å²) in [7, 11) is 0. The highest BCUT2D eigenvalue weighted by molar-refractivity contribution is 5.95. The summed E-state index contributed by atoms with van der Waals surface area (Å²) in [6, 6.07) is -4.10. The predicted molar refractivity (Wildman–Crippen MR) is 113 cm³/mol. The van der Waals surface area contributed by atoms with E-state index in [0.29, 0.717) is 6.42 Å². The first kappa shape index (κ1) is 29.0. The first-order valence-corrected chi connectivity index (χ1v) is 9.69. The predicted octanol–water partition coefficient (Wildman–Crippen LogP) is -5.42. The molecule has 0 radical (unpaired) electrons. The maximum absolute atomic E-state index is 12.3. The molecule has 3 atom stereocenters. The minimum absolute atomic E-state index is 0.131. The van der Waals surface area contributed by atoms with Crippen molar-refractivity contribution >= 4 is 41.5 Å². The van der Waals surface area contributed by atoms with E-state index in [1.807, 2.05) is 5.32 Å². The molecule has 16 heteroatoms. The van der Waals surface area contributed by atoms with Crippen LogP contribution in [0, 0.1) is 0 Å². The lowest BCUT2D eigenvalue weighted by atomic mass is 10.1. The molecule has 0 saturated heterocycles. The van der Waals surface area contributed by atoms with Gasteiger partial charge in [0.1, 0.15) is 18.1 Å². The van der Waals surface area contributed by atoms with Crippen LogP contribution in [0.2, 0.25) is 0 Å². The molecule has 0 aromatic carbocycles. The average molecular weight is 474 g/mol. The third-order valence-electron chi connectivity index (χ3n) is 3.94. The largest absolute Gasteiger partial charge is 0.481 e. The zero-order chi connectivity index (χ0) is 25.6. The summed E-state index contributed by atoms with van der Waals surface area (Å²) in [6.07, 6.45) is -0.347. The van der Waals surface area contributed by atoms with Crippen LogP contribution >= 0.6 is 0 Å².